The lowest BCUT2D eigenvalue weighted by molar-refractivity contribution is -0.394. The van der Waals surface area contributed by atoms with Gasteiger partial charge in [0.1, 0.15) is 48.8 Å². The summed E-state index contributed by atoms with van der Waals surface area (Å²) in [5.74, 6) is -1.39. The van der Waals surface area contributed by atoms with Gasteiger partial charge in [-0.15, -0.1) is 0 Å². The smallest absolute Gasteiger partial charge is 0.217 e. The van der Waals surface area contributed by atoms with Gasteiger partial charge in [-0.25, -0.2) is 0 Å². The van der Waals surface area contributed by atoms with Crippen molar-refractivity contribution in [2.24, 2.45) is 0 Å². The van der Waals surface area contributed by atoms with Crippen LogP contribution in [0.4, 0.5) is 0 Å². The minimum absolute atomic E-state index is 0.143. The topological polar surface area (TPSA) is 165 Å². The highest BCUT2D eigenvalue weighted by atomic mass is 16.8. The number of nitrogens with one attached hydrogen (secondary N) is 1. The third kappa shape index (κ3) is 6.05. The van der Waals surface area contributed by atoms with Crippen LogP contribution in [0, 0.1) is 0 Å². The molecule has 10 unspecified atom stereocenters. The van der Waals surface area contributed by atoms with Gasteiger partial charge in [-0.05, 0) is 19.4 Å². The van der Waals surface area contributed by atoms with E-state index in [-0.39, 0.29) is 19.1 Å². The fourth-order valence-corrected chi connectivity index (χ4v) is 4.60. The van der Waals surface area contributed by atoms with E-state index in [0.717, 1.165) is 5.56 Å². The van der Waals surface area contributed by atoms with E-state index >= 15 is 0 Å². The molecule has 1 aromatic carbocycles. The first-order valence-corrected chi connectivity index (χ1v) is 12.0. The van der Waals surface area contributed by atoms with Crippen LogP contribution < -0.4 is 5.32 Å². The van der Waals surface area contributed by atoms with Crippen molar-refractivity contribution in [3.05, 3.63) is 35.9 Å². The first-order valence-electron chi connectivity index (χ1n) is 12.0. The molecule has 0 saturated carbocycles. The number of aliphatic hydroxyl groups excluding tert-OH is 4. The summed E-state index contributed by atoms with van der Waals surface area (Å²) in [5, 5.41) is 43.3. The Balaban J connectivity index is 1.62. The monoisotopic (exact) mass is 513 g/mol. The van der Waals surface area contributed by atoms with Gasteiger partial charge in [0.15, 0.2) is 18.4 Å². The number of carbonyl (C=O) groups is 1. The van der Waals surface area contributed by atoms with Crippen molar-refractivity contribution in [3.8, 4) is 0 Å². The highest BCUT2D eigenvalue weighted by Crippen LogP contribution is 2.36. The fraction of sp³-hybridized carbons (Fsp3) is 0.708. The Morgan fingerprint density at radius 1 is 1.08 bits per heavy atom. The zero-order valence-electron chi connectivity index (χ0n) is 20.4. The molecule has 0 aliphatic carbocycles. The Morgan fingerprint density at radius 3 is 2.47 bits per heavy atom. The Kier molecular flexibility index (Phi) is 8.62. The molecule has 1 aromatic rings. The van der Waals surface area contributed by atoms with E-state index in [2.05, 4.69) is 5.32 Å². The third-order valence-electron chi connectivity index (χ3n) is 6.43. The standard InChI is InChI=1S/C24H35NO11/c1-12(27)25-16-21(35-23-19(30)18(29)17(28)14(9-26)33-23)20-15(11-32-24(2,3)36-20)34-22(16)31-10-13-7-5-4-6-8-13/h4-8,14-23,26,28-30H,9-11H2,1-3H3,(H,25,27). The van der Waals surface area contributed by atoms with Crippen molar-refractivity contribution in [1.29, 1.82) is 0 Å². The van der Waals surface area contributed by atoms with Gasteiger partial charge in [0.25, 0.3) is 0 Å². The van der Waals surface area contributed by atoms with Crippen LogP contribution in [-0.4, -0.2) is 107 Å². The maximum atomic E-state index is 12.2. The second-order valence-electron chi connectivity index (χ2n) is 9.66. The Bertz CT molecular complexity index is 869. The molecule has 5 N–H and O–H groups in total. The molecule has 0 aromatic heterocycles. The van der Waals surface area contributed by atoms with Gasteiger partial charge in [0, 0.05) is 6.92 Å². The highest BCUT2D eigenvalue weighted by molar-refractivity contribution is 5.73. The van der Waals surface area contributed by atoms with E-state index in [1.54, 1.807) is 13.8 Å². The number of carbonyl (C=O) groups excluding carboxylic acids is 1. The van der Waals surface area contributed by atoms with Crippen LogP contribution >= 0.6 is 0 Å². The number of hydrogen-bond donors (Lipinski definition) is 5. The van der Waals surface area contributed by atoms with Gasteiger partial charge in [0.2, 0.25) is 5.91 Å². The summed E-state index contributed by atoms with van der Waals surface area (Å²) in [5.41, 5.74) is 0.883. The molecule has 202 valence electrons. The first-order chi connectivity index (χ1) is 17.1. The summed E-state index contributed by atoms with van der Waals surface area (Å²) in [6.45, 7) is 4.49. The lowest BCUT2D eigenvalue weighted by Gasteiger charge is -2.52. The number of ether oxygens (including phenoxy) is 6. The van der Waals surface area contributed by atoms with Crippen LogP contribution in [-0.2, 0) is 39.8 Å². The lowest BCUT2D eigenvalue weighted by atomic mass is 9.94. The quantitative estimate of drug-likeness (QED) is 0.296. The van der Waals surface area contributed by atoms with Crippen molar-refractivity contribution < 1.29 is 53.6 Å². The Morgan fingerprint density at radius 2 is 1.81 bits per heavy atom. The van der Waals surface area contributed by atoms with E-state index in [1.165, 1.54) is 6.92 Å². The summed E-state index contributed by atoms with van der Waals surface area (Å²) >= 11 is 0. The minimum atomic E-state index is -1.64. The van der Waals surface area contributed by atoms with Crippen LogP contribution in [0.1, 0.15) is 26.3 Å². The molecule has 3 fully saturated rings. The minimum Gasteiger partial charge on any atom is -0.394 e. The molecular formula is C24H35NO11. The maximum Gasteiger partial charge on any atom is 0.217 e. The SMILES string of the molecule is CC(=O)NC1C(OCc2ccccc2)OC2COC(C)(C)OC2C1OC1OC(CO)C(O)C(O)C1O. The Labute approximate surface area is 209 Å². The van der Waals surface area contributed by atoms with Crippen molar-refractivity contribution in [2.75, 3.05) is 13.2 Å². The van der Waals surface area contributed by atoms with E-state index in [4.69, 9.17) is 28.4 Å². The summed E-state index contributed by atoms with van der Waals surface area (Å²) < 4.78 is 35.8. The van der Waals surface area contributed by atoms with Gasteiger partial charge in [-0.3, -0.25) is 4.79 Å². The van der Waals surface area contributed by atoms with Gasteiger partial charge in [0.05, 0.1) is 19.8 Å². The molecule has 0 spiro atoms. The number of hydrogen-bond acceptors (Lipinski definition) is 11. The van der Waals surface area contributed by atoms with Crippen LogP contribution in [0.2, 0.25) is 0 Å². The number of aliphatic hydroxyl groups is 4. The largest absolute Gasteiger partial charge is 0.394 e. The first kappa shape index (κ1) is 27.3. The van der Waals surface area contributed by atoms with Gasteiger partial charge in [-0.2, -0.15) is 0 Å². The number of fused-ring (bicyclic) bond motifs is 1. The summed E-state index contributed by atoms with van der Waals surface area (Å²) in [6, 6.07) is 8.49. The van der Waals surface area contributed by atoms with Crippen LogP contribution in [0.15, 0.2) is 30.3 Å². The number of amides is 1. The number of rotatable bonds is 7. The predicted molar refractivity (Wildman–Crippen MR) is 121 cm³/mol. The summed E-state index contributed by atoms with van der Waals surface area (Å²) in [4.78, 5) is 12.2. The normalized spacial score (nSPS) is 40.3. The van der Waals surface area contributed by atoms with Crippen LogP contribution in [0.5, 0.6) is 0 Å². The molecule has 3 aliphatic rings. The molecule has 3 saturated heterocycles. The van der Waals surface area contributed by atoms with Gasteiger partial charge in [-0.1, -0.05) is 30.3 Å². The maximum absolute atomic E-state index is 12.2. The van der Waals surface area contributed by atoms with E-state index in [0.29, 0.717) is 0 Å². The molecular weight excluding hydrogens is 478 g/mol. The van der Waals surface area contributed by atoms with Crippen LogP contribution in [0.25, 0.3) is 0 Å². The van der Waals surface area contributed by atoms with E-state index in [1.807, 2.05) is 30.3 Å². The lowest BCUT2D eigenvalue weighted by Crippen LogP contribution is -2.70. The average molecular weight is 514 g/mol. The molecule has 3 heterocycles. The second kappa shape index (κ2) is 11.4. The third-order valence-corrected chi connectivity index (χ3v) is 6.43. The molecule has 12 heteroatoms. The van der Waals surface area contributed by atoms with Crippen molar-refractivity contribution in [2.45, 2.75) is 94.5 Å². The van der Waals surface area contributed by atoms with Gasteiger partial charge >= 0.3 is 0 Å². The van der Waals surface area contributed by atoms with E-state index in [9.17, 15) is 25.2 Å². The Hall–Kier alpha value is -1.71. The molecule has 0 radical (unpaired) electrons. The highest BCUT2D eigenvalue weighted by Gasteiger charge is 2.55. The van der Waals surface area contributed by atoms with Crippen LogP contribution in [0.3, 0.4) is 0 Å². The predicted octanol–water partition coefficient (Wildman–Crippen LogP) is -1.23. The molecule has 4 rings (SSSR count). The van der Waals surface area contributed by atoms with Gasteiger partial charge < -0.3 is 54.2 Å². The fourth-order valence-electron chi connectivity index (χ4n) is 4.60. The molecule has 0 bridgehead atoms. The molecule has 10 atom stereocenters. The zero-order valence-corrected chi connectivity index (χ0v) is 20.4. The van der Waals surface area contributed by atoms with Crippen molar-refractivity contribution in [3.63, 3.8) is 0 Å². The molecule has 3 aliphatic heterocycles. The molecule has 12 nitrogen and oxygen atoms in total. The van der Waals surface area contributed by atoms with Crippen molar-refractivity contribution in [1.82, 2.24) is 5.32 Å². The van der Waals surface area contributed by atoms with E-state index < -0.39 is 73.7 Å². The second-order valence-corrected chi connectivity index (χ2v) is 9.66. The summed E-state index contributed by atoms with van der Waals surface area (Å²) in [6.07, 6.45) is -10.8. The van der Waals surface area contributed by atoms with Crippen molar-refractivity contribution >= 4 is 5.91 Å². The average Bonchev–Trinajstić information content (AvgIpc) is 2.84. The zero-order chi connectivity index (χ0) is 26.0. The summed E-state index contributed by atoms with van der Waals surface area (Å²) in [7, 11) is 0. The molecule has 36 heavy (non-hydrogen) atoms. The molecule has 1 amide bonds. The number of benzene rings is 1.